The number of aliphatic hydroxyl groups is 1. The lowest BCUT2D eigenvalue weighted by Gasteiger charge is -2.06. The fourth-order valence-corrected chi connectivity index (χ4v) is 13.0. The lowest BCUT2D eigenvalue weighted by Crippen LogP contribution is -2.09. The summed E-state index contributed by atoms with van der Waals surface area (Å²) in [5.41, 5.74) is 13.4. The highest BCUT2D eigenvalue weighted by Crippen LogP contribution is 2.44. The minimum absolute atomic E-state index is 0.108. The summed E-state index contributed by atoms with van der Waals surface area (Å²) in [6, 6.07) is 8.23. The molecule has 344 valence electrons. The molecule has 8 aromatic rings. The van der Waals surface area contributed by atoms with Gasteiger partial charge in [0.2, 0.25) is 23.8 Å². The van der Waals surface area contributed by atoms with Gasteiger partial charge in [0, 0.05) is 169 Å². The van der Waals surface area contributed by atoms with Crippen LogP contribution in [0.1, 0.15) is 66.1 Å². The summed E-state index contributed by atoms with van der Waals surface area (Å²) in [6.45, 7) is 1.11. The Kier molecular flexibility index (Phi) is 13.7. The van der Waals surface area contributed by atoms with Crippen molar-refractivity contribution in [3.05, 3.63) is 110 Å². The van der Waals surface area contributed by atoms with Gasteiger partial charge < -0.3 is 36.4 Å². The fourth-order valence-electron chi connectivity index (χ4n) is 8.10. The minimum Gasteiger partial charge on any atom is -0.477 e. The molecular formula is C46H46BrN13O3S4. The summed E-state index contributed by atoms with van der Waals surface area (Å²) in [4.78, 5) is 57.2. The van der Waals surface area contributed by atoms with Crippen LogP contribution in [0.3, 0.4) is 0 Å². The number of alkyl halides is 1. The van der Waals surface area contributed by atoms with Crippen molar-refractivity contribution in [3.8, 4) is 45.0 Å². The zero-order chi connectivity index (χ0) is 46.9. The Morgan fingerprint density at radius 2 is 0.910 bits per heavy atom. The van der Waals surface area contributed by atoms with Crippen molar-refractivity contribution >= 4 is 91.0 Å². The van der Waals surface area contributed by atoms with Crippen molar-refractivity contribution < 1.29 is 15.0 Å². The minimum atomic E-state index is -0.881. The number of carbonyl (C=O) groups is 1. The smallest absolute Gasteiger partial charge is 0.345 e. The zero-order valence-corrected chi connectivity index (χ0v) is 42.3. The summed E-state index contributed by atoms with van der Waals surface area (Å²) in [7, 11) is 11.5. The van der Waals surface area contributed by atoms with E-state index in [-0.39, 0.29) is 6.61 Å². The van der Waals surface area contributed by atoms with E-state index in [1.807, 2.05) is 68.5 Å². The Balaban J connectivity index is 0.000000112. The van der Waals surface area contributed by atoms with Crippen LogP contribution in [0.2, 0.25) is 0 Å². The number of nitrogens with zero attached hydrogens (tertiary/aromatic N) is 9. The van der Waals surface area contributed by atoms with E-state index in [1.54, 1.807) is 30.6 Å². The van der Waals surface area contributed by atoms with Crippen LogP contribution in [0.25, 0.3) is 45.0 Å². The maximum absolute atomic E-state index is 10.9. The number of aromatic nitrogens is 8. The predicted molar refractivity (Wildman–Crippen MR) is 274 cm³/mol. The number of carboxylic acids is 1. The average molecular weight is 1040 g/mol. The summed E-state index contributed by atoms with van der Waals surface area (Å²) in [6.07, 6.45) is 11.1. The molecule has 16 nitrogen and oxygen atoms in total. The van der Waals surface area contributed by atoms with E-state index in [0.29, 0.717) is 28.7 Å². The zero-order valence-electron chi connectivity index (χ0n) is 37.4. The van der Waals surface area contributed by atoms with Gasteiger partial charge >= 0.3 is 5.97 Å². The Hall–Kier alpha value is -5.81. The molecule has 0 saturated heterocycles. The molecule has 12 rings (SSSR count). The molecule has 67 heavy (non-hydrogen) atoms. The van der Waals surface area contributed by atoms with Crippen LogP contribution >= 0.6 is 61.3 Å². The van der Waals surface area contributed by atoms with Crippen LogP contribution in [-0.4, -0.2) is 103 Å². The van der Waals surface area contributed by atoms with E-state index in [2.05, 4.69) is 108 Å². The number of hydrogen-bond donors (Lipinski definition) is 6. The molecule has 4 aliphatic rings. The Labute approximate surface area is 411 Å². The van der Waals surface area contributed by atoms with E-state index in [1.165, 1.54) is 63.5 Å². The third kappa shape index (κ3) is 9.54. The third-order valence-corrected chi connectivity index (χ3v) is 16.6. The second-order valence-electron chi connectivity index (χ2n) is 15.9. The Morgan fingerprint density at radius 3 is 1.27 bits per heavy atom. The first-order chi connectivity index (χ1) is 32.5. The maximum Gasteiger partial charge on any atom is 0.345 e. The van der Waals surface area contributed by atoms with Gasteiger partial charge in [0.25, 0.3) is 0 Å². The molecule has 0 aromatic carbocycles. The number of anilines is 4. The summed E-state index contributed by atoms with van der Waals surface area (Å²) >= 11 is 10.2. The van der Waals surface area contributed by atoms with Crippen molar-refractivity contribution in [2.75, 3.05) is 63.6 Å². The highest BCUT2D eigenvalue weighted by atomic mass is 79.9. The molecule has 8 aromatic heterocycles. The van der Waals surface area contributed by atoms with Crippen molar-refractivity contribution in [2.24, 2.45) is 0 Å². The highest BCUT2D eigenvalue weighted by molar-refractivity contribution is 9.08. The molecule has 0 radical (unpaired) electrons. The number of rotatable bonds is 9. The molecule has 0 bridgehead atoms. The molecule has 0 atom stereocenters. The van der Waals surface area contributed by atoms with Crippen LogP contribution in [-0.2, 0) is 44.2 Å². The Morgan fingerprint density at radius 1 is 0.567 bits per heavy atom. The van der Waals surface area contributed by atoms with Gasteiger partial charge in [0.15, 0.2) is 0 Å². The molecule has 0 saturated carbocycles. The topological polar surface area (TPSA) is 212 Å². The molecule has 8 heterocycles. The van der Waals surface area contributed by atoms with Gasteiger partial charge in [-0.15, -0.1) is 45.3 Å². The molecule has 0 unspecified atom stereocenters. The molecule has 0 fully saturated rings. The van der Waals surface area contributed by atoms with E-state index in [9.17, 15) is 4.79 Å². The fraction of sp³-hybridized carbons (Fsp3) is 0.283. The first-order valence-electron chi connectivity index (χ1n) is 21.2. The Bertz CT molecular complexity index is 3050. The first-order valence-corrected chi connectivity index (χ1v) is 25.6. The van der Waals surface area contributed by atoms with Gasteiger partial charge in [-0.3, -0.25) is 0 Å². The van der Waals surface area contributed by atoms with Crippen molar-refractivity contribution in [2.45, 2.75) is 44.2 Å². The number of carboxylic acid groups (broad SMARTS) is 1. The van der Waals surface area contributed by atoms with Gasteiger partial charge in [-0.2, -0.15) is 0 Å². The standard InChI is InChI=1S/C13H16N4S.C11H10BrN3S.C11H9N3O2S.C11H11N3OS/c1-14-13-15-6-8-4-11-10(12(8)16-13)5-9(18-11)7-17(2)3;1-13-11-14-5-6-2-9-8(10(6)15-11)3-7(4-12)16-9;1-12-11-13-4-5-2-7-6(9(5)14-11)3-8(17-7)10(15)16;1-12-11-13-4-6-2-9-8(10(6)14-11)3-7(5-15)16-9/h5-6H,4,7H2,1-3H3,(H,14,15,16);3,5H,2,4H2,1H3,(H,13,14,15);3-4H,2H2,1H3,(H,15,16)(H,12,13,14);3-4,15H,2,5H2,1H3,(H,12,13,14). The van der Waals surface area contributed by atoms with Crippen molar-refractivity contribution in [1.82, 2.24) is 44.8 Å². The summed E-state index contributed by atoms with van der Waals surface area (Å²) < 4.78 is 0. The largest absolute Gasteiger partial charge is 0.477 e. The molecule has 0 spiro atoms. The number of hydrogen-bond acceptors (Lipinski definition) is 19. The van der Waals surface area contributed by atoms with Gasteiger partial charge in [-0.1, -0.05) is 15.9 Å². The molecule has 4 aliphatic carbocycles. The number of nitrogens with one attached hydrogen (secondary N) is 4. The van der Waals surface area contributed by atoms with Crippen LogP contribution in [0.5, 0.6) is 0 Å². The van der Waals surface area contributed by atoms with Gasteiger partial charge in [0.05, 0.1) is 29.4 Å². The normalized spacial score (nSPS) is 12.4. The molecule has 6 N–H and O–H groups in total. The third-order valence-electron chi connectivity index (χ3n) is 11.1. The second-order valence-corrected chi connectivity index (χ2v) is 21.3. The monoisotopic (exact) mass is 1040 g/mol. The average Bonchev–Trinajstić information content (AvgIpc) is 4.21. The van der Waals surface area contributed by atoms with Crippen LogP contribution in [0.4, 0.5) is 23.8 Å². The van der Waals surface area contributed by atoms with Crippen molar-refractivity contribution in [1.29, 1.82) is 0 Å². The van der Waals surface area contributed by atoms with E-state index in [4.69, 9.17) is 10.2 Å². The van der Waals surface area contributed by atoms with E-state index >= 15 is 0 Å². The van der Waals surface area contributed by atoms with Crippen LogP contribution in [0.15, 0.2) is 49.1 Å². The molecular weight excluding hydrogens is 991 g/mol. The van der Waals surface area contributed by atoms with Gasteiger partial charge in [-0.05, 0) is 38.4 Å². The number of aromatic carboxylic acids is 1. The second kappa shape index (κ2) is 19.8. The van der Waals surface area contributed by atoms with Crippen LogP contribution < -0.4 is 21.3 Å². The van der Waals surface area contributed by atoms with Gasteiger partial charge in [-0.25, -0.2) is 44.7 Å². The first kappa shape index (κ1) is 46.3. The number of fused-ring (bicyclic) bond motifs is 12. The summed E-state index contributed by atoms with van der Waals surface area (Å²) in [5, 5.41) is 30.8. The molecule has 0 amide bonds. The summed E-state index contributed by atoms with van der Waals surface area (Å²) in [5.74, 6) is 1.71. The molecule has 21 heteroatoms. The number of halogens is 1. The number of aliphatic hydroxyl groups excluding tert-OH is 1. The SMILES string of the molecule is CNc1ncc2c(n1)-c1cc(C(=O)O)sc1C2.CNc1ncc2c(n1)-c1cc(CBr)sc1C2.CNc1ncc2c(n1)-c1cc(CN(C)C)sc1C2.CNc1ncc2c(n1)-c1cc(CO)sc1C2. The van der Waals surface area contributed by atoms with Crippen molar-refractivity contribution in [3.63, 3.8) is 0 Å². The maximum atomic E-state index is 10.9. The van der Waals surface area contributed by atoms with E-state index < -0.39 is 5.97 Å². The lowest BCUT2D eigenvalue weighted by atomic mass is 10.2. The lowest BCUT2D eigenvalue weighted by molar-refractivity contribution is 0.0702. The quantitative estimate of drug-likeness (QED) is 0.0746. The number of thiophene rings is 4. The van der Waals surface area contributed by atoms with Crippen LogP contribution in [0, 0.1) is 0 Å². The van der Waals surface area contributed by atoms with Gasteiger partial charge in [0.1, 0.15) is 4.88 Å². The van der Waals surface area contributed by atoms with E-state index in [0.717, 1.165) is 86.8 Å². The predicted octanol–water partition coefficient (Wildman–Crippen LogP) is 8.75. The molecule has 0 aliphatic heterocycles. The highest BCUT2D eigenvalue weighted by Gasteiger charge is 2.28.